The minimum atomic E-state index is -0.00269. The van der Waals surface area contributed by atoms with Crippen LogP contribution in [0.4, 0.5) is 0 Å². The molecule has 0 fully saturated rings. The zero-order valence-corrected chi connectivity index (χ0v) is 7.92. The van der Waals surface area contributed by atoms with E-state index in [1.807, 2.05) is 6.07 Å². The van der Waals surface area contributed by atoms with Crippen molar-refractivity contribution < 1.29 is 4.79 Å². The number of likely N-dealkylation sites (N-methyl/N-ethyl adjacent to an activating group) is 1. The van der Waals surface area contributed by atoms with Gasteiger partial charge in [0, 0.05) is 20.1 Å². The van der Waals surface area contributed by atoms with Gasteiger partial charge in [0.25, 0.3) is 0 Å². The Bertz CT molecular complexity index is 207. The summed E-state index contributed by atoms with van der Waals surface area (Å²) in [5, 5.41) is 11.2. The number of nitrogens with zero attached hydrogens (tertiary/aromatic N) is 2. The first-order chi connectivity index (χ1) is 6.22. The van der Waals surface area contributed by atoms with E-state index in [1.54, 1.807) is 18.0 Å². The van der Waals surface area contributed by atoms with Crippen molar-refractivity contribution in [2.45, 2.75) is 6.42 Å². The average molecular weight is 181 g/mol. The molecule has 72 valence electrons. The molecule has 4 heteroatoms. The van der Waals surface area contributed by atoms with Gasteiger partial charge in [0.2, 0.25) is 5.91 Å². The van der Waals surface area contributed by atoms with E-state index < -0.39 is 0 Å². The van der Waals surface area contributed by atoms with Crippen molar-refractivity contribution in [3.8, 4) is 6.07 Å². The van der Waals surface area contributed by atoms with Crippen molar-refractivity contribution in [2.24, 2.45) is 0 Å². The van der Waals surface area contributed by atoms with Crippen LogP contribution in [0.15, 0.2) is 12.7 Å². The standard InChI is InChI=1S/C9H15N3O/c1-3-6-11-8-9(13)12(2)7-4-5-10/h3,11H,1,4,6-8H2,2H3. The van der Waals surface area contributed by atoms with Crippen LogP contribution in [0.1, 0.15) is 6.42 Å². The highest BCUT2D eigenvalue weighted by Gasteiger charge is 2.05. The number of amides is 1. The summed E-state index contributed by atoms with van der Waals surface area (Å²) in [6.45, 7) is 4.94. The van der Waals surface area contributed by atoms with Crippen LogP contribution in [-0.2, 0) is 4.79 Å². The van der Waals surface area contributed by atoms with Gasteiger partial charge in [-0.1, -0.05) is 6.08 Å². The summed E-state index contributed by atoms with van der Waals surface area (Å²) >= 11 is 0. The van der Waals surface area contributed by atoms with E-state index in [1.165, 1.54) is 0 Å². The molecule has 0 heterocycles. The monoisotopic (exact) mass is 181 g/mol. The van der Waals surface area contributed by atoms with Crippen molar-refractivity contribution in [3.63, 3.8) is 0 Å². The lowest BCUT2D eigenvalue weighted by molar-refractivity contribution is -0.128. The SMILES string of the molecule is C=CCNCC(=O)N(C)CCC#N. The van der Waals surface area contributed by atoms with Crippen LogP contribution in [0.5, 0.6) is 0 Å². The van der Waals surface area contributed by atoms with E-state index in [0.717, 1.165) is 0 Å². The highest BCUT2D eigenvalue weighted by atomic mass is 16.2. The van der Waals surface area contributed by atoms with Gasteiger partial charge < -0.3 is 10.2 Å². The molecule has 1 amide bonds. The third-order valence-electron chi connectivity index (χ3n) is 1.55. The third kappa shape index (κ3) is 5.88. The summed E-state index contributed by atoms with van der Waals surface area (Å²) in [6.07, 6.45) is 2.08. The molecule has 0 aromatic rings. The molecular weight excluding hydrogens is 166 g/mol. The Kier molecular flexibility index (Phi) is 6.56. The molecule has 0 bridgehead atoms. The molecule has 0 rings (SSSR count). The molecule has 13 heavy (non-hydrogen) atoms. The Labute approximate surface area is 78.8 Å². The first kappa shape index (κ1) is 11.7. The predicted molar refractivity (Wildman–Crippen MR) is 50.9 cm³/mol. The Morgan fingerprint density at radius 1 is 1.77 bits per heavy atom. The zero-order valence-electron chi connectivity index (χ0n) is 7.92. The second-order valence-electron chi connectivity index (χ2n) is 2.64. The molecule has 0 aliphatic rings. The number of nitrogens with one attached hydrogen (secondary N) is 1. The molecule has 0 aromatic heterocycles. The normalized spacial score (nSPS) is 8.92. The first-order valence-electron chi connectivity index (χ1n) is 4.15. The average Bonchev–Trinajstić information content (AvgIpc) is 2.14. The predicted octanol–water partition coefficient (Wildman–Crippen LogP) is 0.134. The van der Waals surface area contributed by atoms with Gasteiger partial charge in [-0.3, -0.25) is 4.79 Å². The Morgan fingerprint density at radius 3 is 3.00 bits per heavy atom. The summed E-state index contributed by atoms with van der Waals surface area (Å²) < 4.78 is 0. The molecule has 0 atom stereocenters. The molecule has 0 aromatic carbocycles. The fourth-order valence-electron chi connectivity index (χ4n) is 0.759. The summed E-state index contributed by atoms with van der Waals surface area (Å²) in [5.74, 6) is -0.00269. The van der Waals surface area contributed by atoms with Gasteiger partial charge in [0.1, 0.15) is 0 Å². The van der Waals surface area contributed by atoms with Gasteiger partial charge in [-0.25, -0.2) is 0 Å². The molecule has 0 aliphatic heterocycles. The van der Waals surface area contributed by atoms with Crippen molar-refractivity contribution in [1.29, 1.82) is 5.26 Å². The lowest BCUT2D eigenvalue weighted by atomic mass is 10.4. The first-order valence-corrected chi connectivity index (χ1v) is 4.15. The maximum atomic E-state index is 11.2. The van der Waals surface area contributed by atoms with Gasteiger partial charge in [0.05, 0.1) is 19.0 Å². The van der Waals surface area contributed by atoms with Gasteiger partial charge in [-0.05, 0) is 0 Å². The minimum absolute atomic E-state index is 0.00269. The third-order valence-corrected chi connectivity index (χ3v) is 1.55. The molecule has 0 saturated carbocycles. The summed E-state index contributed by atoms with van der Waals surface area (Å²) in [4.78, 5) is 12.8. The van der Waals surface area contributed by atoms with Crippen molar-refractivity contribution in [2.75, 3.05) is 26.7 Å². The van der Waals surface area contributed by atoms with Crippen LogP contribution in [-0.4, -0.2) is 37.5 Å². The quantitative estimate of drug-likeness (QED) is 0.468. The van der Waals surface area contributed by atoms with E-state index in [0.29, 0.717) is 26.1 Å². The van der Waals surface area contributed by atoms with Crippen LogP contribution in [0.3, 0.4) is 0 Å². The molecule has 0 saturated heterocycles. The number of nitriles is 1. The summed E-state index contributed by atoms with van der Waals surface area (Å²) in [7, 11) is 1.69. The van der Waals surface area contributed by atoms with Crippen LogP contribution < -0.4 is 5.32 Å². The summed E-state index contributed by atoms with van der Waals surface area (Å²) in [5.41, 5.74) is 0. The maximum Gasteiger partial charge on any atom is 0.236 e. The lowest BCUT2D eigenvalue weighted by Crippen LogP contribution is -2.36. The molecule has 1 N–H and O–H groups in total. The summed E-state index contributed by atoms with van der Waals surface area (Å²) in [6, 6.07) is 1.99. The van der Waals surface area contributed by atoms with Crippen molar-refractivity contribution >= 4 is 5.91 Å². The largest absolute Gasteiger partial charge is 0.344 e. The van der Waals surface area contributed by atoms with Crippen LogP contribution >= 0.6 is 0 Å². The number of hydrogen-bond acceptors (Lipinski definition) is 3. The Morgan fingerprint density at radius 2 is 2.46 bits per heavy atom. The maximum absolute atomic E-state index is 11.2. The van der Waals surface area contributed by atoms with Crippen molar-refractivity contribution in [1.82, 2.24) is 10.2 Å². The molecule has 0 radical (unpaired) electrons. The number of hydrogen-bond donors (Lipinski definition) is 1. The van der Waals surface area contributed by atoms with Gasteiger partial charge >= 0.3 is 0 Å². The number of carbonyl (C=O) groups is 1. The zero-order chi connectivity index (χ0) is 10.1. The minimum Gasteiger partial charge on any atom is -0.344 e. The highest BCUT2D eigenvalue weighted by molar-refractivity contribution is 5.77. The molecule has 0 spiro atoms. The van der Waals surface area contributed by atoms with Crippen LogP contribution in [0, 0.1) is 11.3 Å². The molecule has 0 aliphatic carbocycles. The van der Waals surface area contributed by atoms with E-state index in [4.69, 9.17) is 5.26 Å². The van der Waals surface area contributed by atoms with Gasteiger partial charge in [-0.2, -0.15) is 5.26 Å². The second kappa shape index (κ2) is 7.32. The highest BCUT2D eigenvalue weighted by Crippen LogP contribution is 1.86. The van der Waals surface area contributed by atoms with Gasteiger partial charge in [0.15, 0.2) is 0 Å². The fraction of sp³-hybridized carbons (Fsp3) is 0.556. The fourth-order valence-corrected chi connectivity index (χ4v) is 0.759. The van der Waals surface area contributed by atoms with Crippen LogP contribution in [0.25, 0.3) is 0 Å². The van der Waals surface area contributed by atoms with Gasteiger partial charge in [-0.15, -0.1) is 6.58 Å². The van der Waals surface area contributed by atoms with Crippen molar-refractivity contribution in [3.05, 3.63) is 12.7 Å². The molecular formula is C9H15N3O. The molecule has 4 nitrogen and oxygen atoms in total. The van der Waals surface area contributed by atoms with E-state index in [2.05, 4.69) is 11.9 Å². The number of rotatable bonds is 6. The smallest absolute Gasteiger partial charge is 0.236 e. The Balaban J connectivity index is 3.57. The molecule has 0 unspecified atom stereocenters. The number of carbonyl (C=O) groups excluding carboxylic acids is 1. The lowest BCUT2D eigenvalue weighted by Gasteiger charge is -2.15. The van der Waals surface area contributed by atoms with E-state index >= 15 is 0 Å². The Hall–Kier alpha value is -1.34. The topological polar surface area (TPSA) is 56.1 Å². The van der Waals surface area contributed by atoms with E-state index in [-0.39, 0.29) is 5.91 Å². The van der Waals surface area contributed by atoms with E-state index in [9.17, 15) is 4.79 Å². The van der Waals surface area contributed by atoms with Crippen LogP contribution in [0.2, 0.25) is 0 Å². The second-order valence-corrected chi connectivity index (χ2v) is 2.64.